The average Bonchev–Trinajstić information content (AvgIpc) is 3.09. The second-order valence-corrected chi connectivity index (χ2v) is 6.10. The summed E-state index contributed by atoms with van der Waals surface area (Å²) in [6.07, 6.45) is 0. The van der Waals surface area contributed by atoms with Crippen molar-refractivity contribution in [2.24, 2.45) is 17.3 Å². The lowest BCUT2D eigenvalue weighted by Gasteiger charge is -2.12. The van der Waals surface area contributed by atoms with Crippen molar-refractivity contribution in [2.75, 3.05) is 19.5 Å². The summed E-state index contributed by atoms with van der Waals surface area (Å²) >= 11 is 0. The van der Waals surface area contributed by atoms with E-state index in [0.717, 1.165) is 0 Å². The summed E-state index contributed by atoms with van der Waals surface area (Å²) in [4.78, 5) is 35.3. The first kappa shape index (κ1) is 16.8. The summed E-state index contributed by atoms with van der Waals surface area (Å²) in [5, 5.41) is 14.3. The minimum absolute atomic E-state index is 0.293. The van der Waals surface area contributed by atoms with E-state index in [1.54, 1.807) is 26.0 Å². The Kier molecular flexibility index (Phi) is 4.31. The number of hydrogen-bond donors (Lipinski definition) is 3. The first-order valence-electron chi connectivity index (χ1n) is 7.17. The maximum absolute atomic E-state index is 12.4. The molecule has 0 aromatic heterocycles. The molecular weight excluding hydrogens is 300 g/mol. The lowest BCUT2D eigenvalue weighted by atomic mass is 10.1. The van der Waals surface area contributed by atoms with Crippen LogP contribution >= 0.6 is 0 Å². The fraction of sp³-hybridized carbons (Fsp3) is 0.438. The van der Waals surface area contributed by atoms with Crippen LogP contribution < -0.4 is 15.4 Å². The number of benzene rings is 1. The summed E-state index contributed by atoms with van der Waals surface area (Å²) in [6, 6.07) is 4.65. The van der Waals surface area contributed by atoms with Crippen LogP contribution in [-0.4, -0.2) is 37.0 Å². The number of carboxylic acid groups (broad SMARTS) is 1. The Labute approximate surface area is 134 Å². The van der Waals surface area contributed by atoms with Crippen LogP contribution in [0.5, 0.6) is 5.75 Å². The molecule has 2 amide bonds. The summed E-state index contributed by atoms with van der Waals surface area (Å²) in [5.74, 6) is -2.60. The van der Waals surface area contributed by atoms with Gasteiger partial charge in [0, 0.05) is 12.6 Å². The van der Waals surface area contributed by atoms with Crippen molar-refractivity contribution >= 4 is 23.5 Å². The zero-order valence-corrected chi connectivity index (χ0v) is 13.5. The van der Waals surface area contributed by atoms with Gasteiger partial charge in [0.15, 0.2) is 0 Å². The summed E-state index contributed by atoms with van der Waals surface area (Å²) in [7, 11) is 2.96. The molecule has 1 aromatic carbocycles. The molecule has 7 nitrogen and oxygen atoms in total. The van der Waals surface area contributed by atoms with E-state index in [4.69, 9.17) is 9.84 Å². The molecule has 1 aromatic rings. The van der Waals surface area contributed by atoms with Gasteiger partial charge in [0.2, 0.25) is 5.91 Å². The molecule has 0 saturated heterocycles. The minimum Gasteiger partial charge on any atom is -0.495 e. The molecule has 124 valence electrons. The van der Waals surface area contributed by atoms with E-state index in [-0.39, 0.29) is 5.91 Å². The Hall–Kier alpha value is -2.57. The van der Waals surface area contributed by atoms with Crippen molar-refractivity contribution < 1.29 is 24.2 Å². The maximum Gasteiger partial charge on any atom is 0.307 e. The van der Waals surface area contributed by atoms with Crippen LogP contribution in [0.4, 0.5) is 5.69 Å². The Morgan fingerprint density at radius 3 is 2.35 bits per heavy atom. The summed E-state index contributed by atoms with van der Waals surface area (Å²) in [5.41, 5.74) is 0.112. The number of hydrogen-bond acceptors (Lipinski definition) is 4. The number of amides is 2. The molecule has 0 unspecified atom stereocenters. The van der Waals surface area contributed by atoms with E-state index in [0.29, 0.717) is 17.0 Å². The molecule has 0 radical (unpaired) electrons. The molecule has 1 aliphatic carbocycles. The number of carbonyl (C=O) groups is 3. The topological polar surface area (TPSA) is 105 Å². The summed E-state index contributed by atoms with van der Waals surface area (Å²) < 4.78 is 5.18. The molecule has 23 heavy (non-hydrogen) atoms. The lowest BCUT2D eigenvalue weighted by Crippen LogP contribution is -2.20. The number of carboxylic acids is 1. The largest absolute Gasteiger partial charge is 0.495 e. The first-order valence-corrected chi connectivity index (χ1v) is 7.17. The second kappa shape index (κ2) is 5.91. The molecular formula is C16H20N2O5. The van der Waals surface area contributed by atoms with Gasteiger partial charge < -0.3 is 20.5 Å². The highest BCUT2D eigenvalue weighted by atomic mass is 16.5. The first-order chi connectivity index (χ1) is 10.7. The van der Waals surface area contributed by atoms with E-state index in [2.05, 4.69) is 10.6 Å². The molecule has 1 saturated carbocycles. The predicted octanol–water partition coefficient (Wildman–Crippen LogP) is 1.35. The van der Waals surface area contributed by atoms with Crippen molar-refractivity contribution in [3.8, 4) is 5.75 Å². The molecule has 3 N–H and O–H groups in total. The standard InChI is InChI=1S/C16H20N2O5/c1-16(2)11(12(16)15(21)22)14(20)18-9-7-8(13(19)17-3)5-6-10(9)23-4/h5-7,11-12H,1-4H3,(H,17,19)(H,18,20)(H,21,22)/t11-,12+/m1/s1. The summed E-state index contributed by atoms with van der Waals surface area (Å²) in [6.45, 7) is 3.49. The third-order valence-corrected chi connectivity index (χ3v) is 4.32. The van der Waals surface area contributed by atoms with Crippen LogP contribution in [0.25, 0.3) is 0 Å². The predicted molar refractivity (Wildman–Crippen MR) is 83.4 cm³/mol. The number of methoxy groups -OCH3 is 1. The van der Waals surface area contributed by atoms with Crippen LogP contribution in [0, 0.1) is 17.3 Å². The molecule has 0 aliphatic heterocycles. The van der Waals surface area contributed by atoms with Gasteiger partial charge in [0.1, 0.15) is 5.75 Å². The number of ether oxygens (including phenoxy) is 1. The fourth-order valence-corrected chi connectivity index (χ4v) is 2.89. The van der Waals surface area contributed by atoms with E-state index < -0.39 is 29.1 Å². The van der Waals surface area contributed by atoms with Crippen molar-refractivity contribution in [3.05, 3.63) is 23.8 Å². The van der Waals surface area contributed by atoms with Crippen LogP contribution in [0.3, 0.4) is 0 Å². The molecule has 0 heterocycles. The number of aliphatic carboxylic acids is 1. The molecule has 7 heteroatoms. The van der Waals surface area contributed by atoms with Crippen molar-refractivity contribution in [2.45, 2.75) is 13.8 Å². The highest BCUT2D eigenvalue weighted by Gasteiger charge is 2.65. The van der Waals surface area contributed by atoms with Gasteiger partial charge in [-0.15, -0.1) is 0 Å². The quantitative estimate of drug-likeness (QED) is 0.759. The number of anilines is 1. The molecule has 0 spiro atoms. The number of nitrogens with one attached hydrogen (secondary N) is 2. The number of carbonyl (C=O) groups excluding carboxylic acids is 2. The maximum atomic E-state index is 12.4. The van der Waals surface area contributed by atoms with Gasteiger partial charge in [-0.2, -0.15) is 0 Å². The normalized spacial score (nSPS) is 21.2. The lowest BCUT2D eigenvalue weighted by molar-refractivity contribution is -0.140. The van der Waals surface area contributed by atoms with Crippen LogP contribution in [0.2, 0.25) is 0 Å². The van der Waals surface area contributed by atoms with Gasteiger partial charge in [-0.1, -0.05) is 13.8 Å². The monoisotopic (exact) mass is 320 g/mol. The smallest absolute Gasteiger partial charge is 0.307 e. The molecule has 1 fully saturated rings. The van der Waals surface area contributed by atoms with Crippen LogP contribution in [-0.2, 0) is 9.59 Å². The minimum atomic E-state index is -0.985. The van der Waals surface area contributed by atoms with Gasteiger partial charge in [0.25, 0.3) is 5.91 Å². The van der Waals surface area contributed by atoms with Gasteiger partial charge in [-0.05, 0) is 23.6 Å². The van der Waals surface area contributed by atoms with E-state index in [1.807, 2.05) is 0 Å². The van der Waals surface area contributed by atoms with Gasteiger partial charge in [0.05, 0.1) is 24.6 Å². The fourth-order valence-electron chi connectivity index (χ4n) is 2.89. The Morgan fingerprint density at radius 2 is 1.87 bits per heavy atom. The zero-order valence-electron chi connectivity index (χ0n) is 13.5. The van der Waals surface area contributed by atoms with Crippen molar-refractivity contribution in [1.82, 2.24) is 5.32 Å². The molecule has 0 bridgehead atoms. The molecule has 1 aliphatic rings. The zero-order chi connectivity index (χ0) is 17.4. The van der Waals surface area contributed by atoms with Gasteiger partial charge >= 0.3 is 5.97 Å². The molecule has 2 rings (SSSR count). The van der Waals surface area contributed by atoms with Crippen molar-refractivity contribution in [1.29, 1.82) is 0 Å². The van der Waals surface area contributed by atoms with Crippen molar-refractivity contribution in [3.63, 3.8) is 0 Å². The SMILES string of the molecule is CNC(=O)c1ccc(OC)c(NC(=O)[C@H]2[C@@H](C(=O)O)C2(C)C)c1. The molecule has 2 atom stereocenters. The average molecular weight is 320 g/mol. The second-order valence-electron chi connectivity index (χ2n) is 6.10. The highest BCUT2D eigenvalue weighted by molar-refractivity contribution is 6.02. The third-order valence-electron chi connectivity index (χ3n) is 4.32. The van der Waals surface area contributed by atoms with Crippen LogP contribution in [0.1, 0.15) is 24.2 Å². The number of rotatable bonds is 5. The van der Waals surface area contributed by atoms with Crippen LogP contribution in [0.15, 0.2) is 18.2 Å². The Morgan fingerprint density at radius 1 is 1.22 bits per heavy atom. The van der Waals surface area contributed by atoms with E-state index in [9.17, 15) is 14.4 Å². The third kappa shape index (κ3) is 2.99. The van der Waals surface area contributed by atoms with E-state index >= 15 is 0 Å². The van der Waals surface area contributed by atoms with E-state index in [1.165, 1.54) is 20.2 Å². The Balaban J connectivity index is 2.24. The Bertz CT molecular complexity index is 668. The van der Waals surface area contributed by atoms with Gasteiger partial charge in [-0.3, -0.25) is 14.4 Å². The highest BCUT2D eigenvalue weighted by Crippen LogP contribution is 2.58. The van der Waals surface area contributed by atoms with Gasteiger partial charge in [-0.25, -0.2) is 0 Å².